The van der Waals surface area contributed by atoms with E-state index in [-0.39, 0.29) is 6.61 Å². The zero-order chi connectivity index (χ0) is 15.0. The van der Waals surface area contributed by atoms with Crippen molar-refractivity contribution in [1.82, 2.24) is 10.6 Å². The number of hydrogen-bond acceptors (Lipinski definition) is 4. The van der Waals surface area contributed by atoms with Crippen molar-refractivity contribution in [3.8, 4) is 5.75 Å². The lowest BCUT2D eigenvalue weighted by molar-refractivity contribution is -0.122. The Morgan fingerprint density at radius 3 is 2.65 bits per heavy atom. The molecule has 0 aliphatic heterocycles. The largest absolute Gasteiger partial charge is 0.483 e. The van der Waals surface area contributed by atoms with Crippen LogP contribution in [-0.4, -0.2) is 31.4 Å². The van der Waals surface area contributed by atoms with Crippen LogP contribution in [0.1, 0.15) is 24.2 Å². The van der Waals surface area contributed by atoms with E-state index in [0.717, 1.165) is 0 Å². The topological polar surface area (TPSA) is 84.5 Å². The van der Waals surface area contributed by atoms with Gasteiger partial charge in [-0.25, -0.2) is 4.79 Å². The number of hydrogen-bond donors (Lipinski definition) is 2. The van der Waals surface area contributed by atoms with Crippen molar-refractivity contribution in [3.63, 3.8) is 0 Å². The number of rotatable bonds is 6. The van der Waals surface area contributed by atoms with Gasteiger partial charge in [0.05, 0.1) is 5.56 Å². The van der Waals surface area contributed by atoms with Gasteiger partial charge in [-0.3, -0.25) is 14.9 Å². The number of benzene rings is 1. The van der Waals surface area contributed by atoms with Gasteiger partial charge in [0, 0.05) is 6.54 Å². The molecule has 0 unspecified atom stereocenters. The summed E-state index contributed by atoms with van der Waals surface area (Å²) in [6.07, 6.45) is 0.641. The van der Waals surface area contributed by atoms with Crippen LogP contribution in [-0.2, 0) is 4.79 Å². The lowest BCUT2D eigenvalue weighted by atomic mass is 10.2. The lowest BCUT2D eigenvalue weighted by Gasteiger charge is -2.10. The van der Waals surface area contributed by atoms with E-state index in [2.05, 4.69) is 10.6 Å². The van der Waals surface area contributed by atoms with Crippen LogP contribution >= 0.6 is 0 Å². The number of ether oxygens (including phenoxy) is 1. The Labute approximate surface area is 117 Å². The van der Waals surface area contributed by atoms with E-state index in [1.165, 1.54) is 0 Å². The molecule has 108 valence electrons. The summed E-state index contributed by atoms with van der Waals surface area (Å²) in [6, 6.07) is 5.98. The van der Waals surface area contributed by atoms with Crippen molar-refractivity contribution in [3.05, 3.63) is 29.8 Å². The maximum absolute atomic E-state index is 11.5. The van der Waals surface area contributed by atoms with Crippen LogP contribution in [0.15, 0.2) is 24.3 Å². The third-order valence-corrected chi connectivity index (χ3v) is 2.33. The number of para-hydroxylation sites is 1. The molecule has 0 aliphatic carbocycles. The van der Waals surface area contributed by atoms with Gasteiger partial charge in [0.2, 0.25) is 0 Å². The minimum Gasteiger partial charge on any atom is -0.483 e. The van der Waals surface area contributed by atoms with Crippen molar-refractivity contribution in [2.24, 2.45) is 5.92 Å². The van der Waals surface area contributed by atoms with E-state index in [4.69, 9.17) is 4.74 Å². The zero-order valence-electron chi connectivity index (χ0n) is 11.5. The highest BCUT2D eigenvalue weighted by atomic mass is 16.5. The van der Waals surface area contributed by atoms with Crippen LogP contribution < -0.4 is 15.4 Å². The standard InChI is InChI=1S/C14H18N2O4/c1-10(2)7-15-14(19)16-13(18)9-20-12-6-4-3-5-11(12)8-17/h3-6,8,10H,7,9H2,1-2H3,(H2,15,16,18,19). The molecule has 1 aromatic rings. The van der Waals surface area contributed by atoms with Crippen LogP contribution in [0.5, 0.6) is 5.75 Å². The summed E-state index contributed by atoms with van der Waals surface area (Å²) in [5.74, 6) is 0.0266. The lowest BCUT2D eigenvalue weighted by Crippen LogP contribution is -2.42. The van der Waals surface area contributed by atoms with Crippen molar-refractivity contribution in [2.45, 2.75) is 13.8 Å². The summed E-state index contributed by atoms with van der Waals surface area (Å²) < 4.78 is 5.19. The van der Waals surface area contributed by atoms with Gasteiger partial charge in [0.15, 0.2) is 12.9 Å². The molecule has 0 spiro atoms. The van der Waals surface area contributed by atoms with Gasteiger partial charge in [0.25, 0.3) is 5.91 Å². The molecule has 6 nitrogen and oxygen atoms in total. The Kier molecular flexibility index (Phi) is 6.22. The second kappa shape index (κ2) is 7.93. The fraction of sp³-hybridized carbons (Fsp3) is 0.357. The molecule has 1 rings (SSSR count). The maximum Gasteiger partial charge on any atom is 0.321 e. The van der Waals surface area contributed by atoms with Gasteiger partial charge >= 0.3 is 6.03 Å². The Hall–Kier alpha value is -2.37. The molecule has 2 N–H and O–H groups in total. The molecule has 0 bridgehead atoms. The first-order valence-corrected chi connectivity index (χ1v) is 6.27. The molecule has 20 heavy (non-hydrogen) atoms. The van der Waals surface area contributed by atoms with Gasteiger partial charge < -0.3 is 10.1 Å². The average Bonchev–Trinajstić information content (AvgIpc) is 2.43. The minimum atomic E-state index is -0.577. The number of nitrogens with one attached hydrogen (secondary N) is 2. The number of urea groups is 1. The van der Waals surface area contributed by atoms with Crippen molar-refractivity contribution in [1.29, 1.82) is 0 Å². The fourth-order valence-electron chi connectivity index (χ4n) is 1.36. The summed E-state index contributed by atoms with van der Waals surface area (Å²) in [4.78, 5) is 33.6. The van der Waals surface area contributed by atoms with E-state index in [0.29, 0.717) is 30.1 Å². The first kappa shape index (κ1) is 15.7. The fourth-order valence-corrected chi connectivity index (χ4v) is 1.36. The van der Waals surface area contributed by atoms with E-state index >= 15 is 0 Å². The molecule has 0 atom stereocenters. The van der Waals surface area contributed by atoms with Crippen LogP contribution in [0.2, 0.25) is 0 Å². The zero-order valence-corrected chi connectivity index (χ0v) is 11.5. The molecule has 0 aliphatic rings. The molecular weight excluding hydrogens is 260 g/mol. The van der Waals surface area contributed by atoms with E-state index < -0.39 is 11.9 Å². The number of imide groups is 1. The van der Waals surface area contributed by atoms with Crippen molar-refractivity contribution >= 4 is 18.2 Å². The van der Waals surface area contributed by atoms with Crippen LogP contribution in [0.25, 0.3) is 0 Å². The Morgan fingerprint density at radius 1 is 1.30 bits per heavy atom. The average molecular weight is 278 g/mol. The summed E-state index contributed by atoms with van der Waals surface area (Å²) in [6.45, 7) is 4.04. The monoisotopic (exact) mass is 278 g/mol. The predicted molar refractivity (Wildman–Crippen MR) is 73.7 cm³/mol. The molecule has 6 heteroatoms. The highest BCUT2D eigenvalue weighted by Gasteiger charge is 2.09. The second-order valence-corrected chi connectivity index (χ2v) is 4.60. The molecule has 0 heterocycles. The molecular formula is C14H18N2O4. The van der Waals surface area contributed by atoms with Gasteiger partial charge in [-0.2, -0.15) is 0 Å². The molecule has 0 aromatic heterocycles. The highest BCUT2D eigenvalue weighted by Crippen LogP contribution is 2.15. The number of amides is 3. The Morgan fingerprint density at radius 2 is 2.00 bits per heavy atom. The van der Waals surface area contributed by atoms with Gasteiger partial charge in [-0.1, -0.05) is 26.0 Å². The van der Waals surface area contributed by atoms with E-state index in [1.54, 1.807) is 24.3 Å². The summed E-state index contributed by atoms with van der Waals surface area (Å²) in [5.41, 5.74) is 0.351. The van der Waals surface area contributed by atoms with E-state index in [9.17, 15) is 14.4 Å². The first-order valence-electron chi connectivity index (χ1n) is 6.27. The van der Waals surface area contributed by atoms with Gasteiger partial charge in [-0.15, -0.1) is 0 Å². The number of carbonyl (C=O) groups excluding carboxylic acids is 3. The minimum absolute atomic E-state index is 0.298. The third-order valence-electron chi connectivity index (χ3n) is 2.33. The summed E-state index contributed by atoms with van der Waals surface area (Å²) in [7, 11) is 0. The molecule has 1 aromatic carbocycles. The SMILES string of the molecule is CC(C)CNC(=O)NC(=O)COc1ccccc1C=O. The Bertz CT molecular complexity index is 486. The quantitative estimate of drug-likeness (QED) is 0.769. The van der Waals surface area contributed by atoms with Crippen LogP contribution in [0.3, 0.4) is 0 Å². The molecule has 0 fully saturated rings. The molecule has 0 saturated heterocycles. The highest BCUT2D eigenvalue weighted by molar-refractivity contribution is 5.95. The number of aldehydes is 1. The number of carbonyl (C=O) groups is 3. The predicted octanol–water partition coefficient (Wildman–Crippen LogP) is 1.36. The van der Waals surface area contributed by atoms with Gasteiger partial charge in [0.1, 0.15) is 5.75 Å². The van der Waals surface area contributed by atoms with Crippen LogP contribution in [0, 0.1) is 5.92 Å². The maximum atomic E-state index is 11.5. The second-order valence-electron chi connectivity index (χ2n) is 4.60. The normalized spacial score (nSPS) is 9.95. The Balaban J connectivity index is 2.39. The van der Waals surface area contributed by atoms with Crippen LogP contribution in [0.4, 0.5) is 4.79 Å². The molecule has 0 saturated carbocycles. The van der Waals surface area contributed by atoms with E-state index in [1.807, 2.05) is 13.8 Å². The summed E-state index contributed by atoms with van der Waals surface area (Å²) in [5, 5.41) is 4.69. The molecule has 0 radical (unpaired) electrons. The summed E-state index contributed by atoms with van der Waals surface area (Å²) >= 11 is 0. The van der Waals surface area contributed by atoms with Crippen molar-refractivity contribution in [2.75, 3.05) is 13.2 Å². The molecule has 3 amide bonds. The third kappa shape index (κ3) is 5.51. The first-order chi connectivity index (χ1) is 9.52. The van der Waals surface area contributed by atoms with Gasteiger partial charge in [-0.05, 0) is 18.1 Å². The van der Waals surface area contributed by atoms with Crippen molar-refractivity contribution < 1.29 is 19.1 Å². The smallest absolute Gasteiger partial charge is 0.321 e.